The van der Waals surface area contributed by atoms with Crippen LogP contribution in [0.25, 0.3) is 0 Å². The Balaban J connectivity index is 1.98. The predicted molar refractivity (Wildman–Crippen MR) is 105 cm³/mol. The highest BCUT2D eigenvalue weighted by Gasteiger charge is 2.11. The molecule has 0 aliphatic carbocycles. The lowest BCUT2D eigenvalue weighted by Crippen LogP contribution is -2.15. The summed E-state index contributed by atoms with van der Waals surface area (Å²) in [4.78, 5) is 0. The summed E-state index contributed by atoms with van der Waals surface area (Å²) in [5, 5.41) is 4.80. The van der Waals surface area contributed by atoms with Crippen molar-refractivity contribution in [1.29, 1.82) is 0 Å². The number of rotatable bonds is 10. The lowest BCUT2D eigenvalue weighted by atomic mass is 10.2. The van der Waals surface area contributed by atoms with E-state index in [9.17, 15) is 0 Å². The van der Waals surface area contributed by atoms with E-state index in [1.165, 1.54) is 19.3 Å². The zero-order valence-electron chi connectivity index (χ0n) is 14.8. The van der Waals surface area contributed by atoms with E-state index < -0.39 is 0 Å². The van der Waals surface area contributed by atoms with Crippen LogP contribution in [0.2, 0.25) is 10.0 Å². The van der Waals surface area contributed by atoms with Gasteiger partial charge in [0.1, 0.15) is 6.61 Å². The van der Waals surface area contributed by atoms with Crippen LogP contribution in [-0.4, -0.2) is 13.7 Å². The van der Waals surface area contributed by atoms with Gasteiger partial charge in [-0.3, -0.25) is 0 Å². The first-order valence-corrected chi connectivity index (χ1v) is 9.34. The van der Waals surface area contributed by atoms with E-state index in [1.54, 1.807) is 7.11 Å². The molecule has 2 aromatic carbocycles. The molecule has 0 aromatic heterocycles. The Hall–Kier alpha value is -1.42. The molecule has 2 aromatic rings. The molecule has 5 heteroatoms. The third kappa shape index (κ3) is 6.43. The van der Waals surface area contributed by atoms with E-state index in [0.29, 0.717) is 28.2 Å². The second kappa shape index (κ2) is 10.5. The van der Waals surface area contributed by atoms with Crippen LogP contribution in [0.5, 0.6) is 11.5 Å². The Kier molecular flexibility index (Phi) is 8.39. The molecule has 0 aliphatic rings. The quantitative estimate of drug-likeness (QED) is 0.522. The fourth-order valence-electron chi connectivity index (χ4n) is 2.45. The number of ether oxygens (including phenoxy) is 2. The second-order valence-electron chi connectivity index (χ2n) is 5.89. The van der Waals surface area contributed by atoms with Gasteiger partial charge in [-0.1, -0.05) is 55.1 Å². The van der Waals surface area contributed by atoms with Crippen LogP contribution in [0.1, 0.15) is 37.3 Å². The van der Waals surface area contributed by atoms with Crippen LogP contribution >= 0.6 is 23.2 Å². The van der Waals surface area contributed by atoms with Crippen molar-refractivity contribution in [1.82, 2.24) is 5.32 Å². The normalized spacial score (nSPS) is 10.7. The van der Waals surface area contributed by atoms with Gasteiger partial charge in [0.2, 0.25) is 0 Å². The minimum atomic E-state index is 0.429. The summed E-state index contributed by atoms with van der Waals surface area (Å²) in [7, 11) is 1.64. The second-order valence-corrected chi connectivity index (χ2v) is 6.74. The summed E-state index contributed by atoms with van der Waals surface area (Å²) in [5.41, 5.74) is 2.04. The average molecular weight is 382 g/mol. The summed E-state index contributed by atoms with van der Waals surface area (Å²) in [5.74, 6) is 1.32. The molecule has 0 aliphatic heterocycles. The van der Waals surface area contributed by atoms with Crippen LogP contribution in [0.15, 0.2) is 36.4 Å². The molecule has 0 heterocycles. The molecule has 0 unspecified atom stereocenters. The first kappa shape index (κ1) is 19.9. The van der Waals surface area contributed by atoms with Gasteiger partial charge in [-0.05, 0) is 42.3 Å². The molecule has 3 nitrogen and oxygen atoms in total. The first-order chi connectivity index (χ1) is 12.1. The zero-order chi connectivity index (χ0) is 18.1. The average Bonchev–Trinajstić information content (AvgIpc) is 2.62. The minimum Gasteiger partial charge on any atom is -0.493 e. The molecule has 0 saturated carbocycles. The van der Waals surface area contributed by atoms with Crippen molar-refractivity contribution in [2.75, 3.05) is 13.7 Å². The smallest absolute Gasteiger partial charge is 0.163 e. The Bertz CT molecular complexity index is 659. The van der Waals surface area contributed by atoms with Crippen LogP contribution in [0, 0.1) is 0 Å². The number of hydrogen-bond acceptors (Lipinski definition) is 3. The van der Waals surface area contributed by atoms with Crippen molar-refractivity contribution < 1.29 is 9.47 Å². The third-order valence-electron chi connectivity index (χ3n) is 3.91. The topological polar surface area (TPSA) is 30.5 Å². The van der Waals surface area contributed by atoms with E-state index in [1.807, 2.05) is 36.4 Å². The maximum absolute atomic E-state index is 6.41. The number of hydrogen-bond donors (Lipinski definition) is 1. The highest BCUT2D eigenvalue weighted by Crippen LogP contribution is 2.34. The van der Waals surface area contributed by atoms with Crippen LogP contribution in [0.3, 0.4) is 0 Å². The van der Waals surface area contributed by atoms with Crippen LogP contribution < -0.4 is 14.8 Å². The number of methoxy groups -OCH3 is 1. The largest absolute Gasteiger partial charge is 0.493 e. The van der Waals surface area contributed by atoms with Crippen LogP contribution in [0.4, 0.5) is 0 Å². The van der Waals surface area contributed by atoms with E-state index >= 15 is 0 Å². The summed E-state index contributed by atoms with van der Waals surface area (Å²) >= 11 is 12.3. The Labute approximate surface area is 160 Å². The molecule has 0 radical (unpaired) electrons. The highest BCUT2D eigenvalue weighted by atomic mass is 35.5. The van der Waals surface area contributed by atoms with Crippen LogP contribution in [-0.2, 0) is 13.2 Å². The van der Waals surface area contributed by atoms with Gasteiger partial charge < -0.3 is 14.8 Å². The molecule has 1 N–H and O–H groups in total. The summed E-state index contributed by atoms with van der Waals surface area (Å²) in [6, 6.07) is 11.3. The van der Waals surface area contributed by atoms with E-state index in [2.05, 4.69) is 12.2 Å². The van der Waals surface area contributed by atoms with Gasteiger partial charge in [0.15, 0.2) is 11.5 Å². The number of benzene rings is 2. The van der Waals surface area contributed by atoms with Gasteiger partial charge in [-0.2, -0.15) is 0 Å². The zero-order valence-corrected chi connectivity index (χ0v) is 16.3. The van der Waals surface area contributed by atoms with E-state index in [-0.39, 0.29) is 0 Å². The van der Waals surface area contributed by atoms with Crippen molar-refractivity contribution in [2.24, 2.45) is 0 Å². The van der Waals surface area contributed by atoms with Crippen molar-refractivity contribution in [3.05, 3.63) is 57.6 Å². The molecular weight excluding hydrogens is 357 g/mol. The van der Waals surface area contributed by atoms with E-state index in [4.69, 9.17) is 32.7 Å². The summed E-state index contributed by atoms with van der Waals surface area (Å²) < 4.78 is 11.3. The molecule has 0 saturated heterocycles. The molecule has 0 amide bonds. The first-order valence-electron chi connectivity index (χ1n) is 8.58. The molecule has 136 valence electrons. The molecule has 0 atom stereocenters. The lowest BCUT2D eigenvalue weighted by molar-refractivity contribution is 0.284. The molecule has 2 rings (SSSR count). The lowest BCUT2D eigenvalue weighted by Gasteiger charge is -2.14. The fraction of sp³-hybridized carbons (Fsp3) is 0.400. The molecule has 25 heavy (non-hydrogen) atoms. The summed E-state index contributed by atoms with van der Waals surface area (Å²) in [6.07, 6.45) is 3.63. The maximum atomic E-state index is 6.41. The molecular formula is C20H25Cl2NO2. The van der Waals surface area contributed by atoms with Gasteiger partial charge in [0.25, 0.3) is 0 Å². The van der Waals surface area contributed by atoms with Crippen molar-refractivity contribution >= 4 is 23.2 Å². The van der Waals surface area contributed by atoms with Gasteiger partial charge in [0.05, 0.1) is 7.11 Å². The van der Waals surface area contributed by atoms with E-state index in [0.717, 1.165) is 24.2 Å². The number of unbranched alkanes of at least 4 members (excludes halogenated alkanes) is 2. The molecule has 0 fully saturated rings. The monoisotopic (exact) mass is 381 g/mol. The maximum Gasteiger partial charge on any atom is 0.163 e. The van der Waals surface area contributed by atoms with Gasteiger partial charge >= 0.3 is 0 Å². The van der Waals surface area contributed by atoms with Crippen molar-refractivity contribution in [2.45, 2.75) is 39.3 Å². The molecule has 0 spiro atoms. The van der Waals surface area contributed by atoms with Gasteiger partial charge in [-0.25, -0.2) is 0 Å². The predicted octanol–water partition coefficient (Wildman–Crippen LogP) is 5.86. The Morgan fingerprint density at radius 2 is 1.76 bits per heavy atom. The van der Waals surface area contributed by atoms with Crippen molar-refractivity contribution in [3.8, 4) is 11.5 Å². The van der Waals surface area contributed by atoms with Gasteiger partial charge in [0, 0.05) is 22.7 Å². The number of halogens is 2. The minimum absolute atomic E-state index is 0.429. The number of nitrogens with one attached hydrogen (secondary N) is 1. The Morgan fingerprint density at radius 1 is 1.00 bits per heavy atom. The highest BCUT2D eigenvalue weighted by molar-refractivity contribution is 6.31. The standard InChI is InChI=1S/C20H25Cl2NO2/c1-3-4-5-10-23-13-16-11-19(24-2)20(12-18(16)22)25-14-15-6-8-17(21)9-7-15/h6-9,11-12,23H,3-5,10,13-14H2,1-2H3. The SMILES string of the molecule is CCCCCNCc1cc(OC)c(OCc2ccc(Cl)cc2)cc1Cl. The molecule has 0 bridgehead atoms. The third-order valence-corrected chi connectivity index (χ3v) is 4.52. The Morgan fingerprint density at radius 3 is 2.44 bits per heavy atom. The van der Waals surface area contributed by atoms with Crippen molar-refractivity contribution in [3.63, 3.8) is 0 Å². The van der Waals surface area contributed by atoms with Gasteiger partial charge in [-0.15, -0.1) is 0 Å². The summed E-state index contributed by atoms with van der Waals surface area (Å²) in [6.45, 7) is 4.33. The fourth-order valence-corrected chi connectivity index (χ4v) is 2.80.